The van der Waals surface area contributed by atoms with Gasteiger partial charge in [-0.3, -0.25) is 4.79 Å². The molecule has 9 heteroatoms. The van der Waals surface area contributed by atoms with E-state index in [4.69, 9.17) is 27.9 Å². The molecule has 0 spiro atoms. The number of carbonyl (C=O) groups is 1. The molecule has 0 atom stereocenters. The van der Waals surface area contributed by atoms with Gasteiger partial charge in [0.2, 0.25) is 11.8 Å². The van der Waals surface area contributed by atoms with E-state index in [0.717, 1.165) is 12.8 Å². The molecule has 0 unspecified atom stereocenters. The van der Waals surface area contributed by atoms with Crippen LogP contribution < -0.4 is 10.1 Å². The van der Waals surface area contributed by atoms with Gasteiger partial charge in [-0.05, 0) is 43.2 Å². The molecule has 1 aromatic carbocycles. The molecule has 2 aromatic rings. The summed E-state index contributed by atoms with van der Waals surface area (Å²) in [4.78, 5) is 16.1. The molecular weight excluding hydrogens is 411 g/mol. The third kappa shape index (κ3) is 5.34. The Kier molecular flexibility index (Phi) is 6.24. The molecular formula is C18H18Cl2N2O4S. The Labute approximate surface area is 167 Å². The molecule has 1 fully saturated rings. The lowest BCUT2D eigenvalue weighted by atomic mass is 10.3. The summed E-state index contributed by atoms with van der Waals surface area (Å²) in [6.07, 6.45) is 4.51. The summed E-state index contributed by atoms with van der Waals surface area (Å²) in [6, 6.07) is 7.98. The van der Waals surface area contributed by atoms with E-state index in [-0.39, 0.29) is 10.9 Å². The zero-order chi connectivity index (χ0) is 19.4. The largest absolute Gasteiger partial charge is 0.438 e. The van der Waals surface area contributed by atoms with Crippen molar-refractivity contribution in [1.82, 2.24) is 4.98 Å². The number of sulfone groups is 1. The summed E-state index contributed by atoms with van der Waals surface area (Å²) < 4.78 is 30.0. The summed E-state index contributed by atoms with van der Waals surface area (Å²) in [5.41, 5.74) is 0.476. The van der Waals surface area contributed by atoms with Crippen LogP contribution in [0.1, 0.15) is 25.7 Å². The summed E-state index contributed by atoms with van der Waals surface area (Å²) in [6.45, 7) is 0. The van der Waals surface area contributed by atoms with Gasteiger partial charge in [-0.25, -0.2) is 13.4 Å². The Bertz CT molecular complexity index is 927. The zero-order valence-electron chi connectivity index (χ0n) is 14.3. The molecule has 0 bridgehead atoms. The smallest absolute Gasteiger partial charge is 0.239 e. The maximum atomic E-state index is 12.2. The Hall–Kier alpha value is -1.83. The van der Waals surface area contributed by atoms with E-state index < -0.39 is 26.7 Å². The molecule has 1 aliphatic carbocycles. The number of carbonyl (C=O) groups excluding carboxylic acids is 1. The quantitative estimate of drug-likeness (QED) is 0.732. The first-order valence-electron chi connectivity index (χ1n) is 8.44. The molecule has 6 nitrogen and oxygen atoms in total. The Morgan fingerprint density at radius 1 is 1.19 bits per heavy atom. The molecule has 144 valence electrons. The van der Waals surface area contributed by atoms with E-state index in [2.05, 4.69) is 10.3 Å². The van der Waals surface area contributed by atoms with Crippen LogP contribution in [0.5, 0.6) is 11.6 Å². The van der Waals surface area contributed by atoms with Crippen molar-refractivity contribution in [2.45, 2.75) is 30.9 Å². The topological polar surface area (TPSA) is 85.4 Å². The predicted molar refractivity (Wildman–Crippen MR) is 105 cm³/mol. The molecule has 3 rings (SSSR count). The van der Waals surface area contributed by atoms with Gasteiger partial charge < -0.3 is 10.1 Å². The number of benzene rings is 1. The van der Waals surface area contributed by atoms with E-state index in [9.17, 15) is 13.2 Å². The number of hydrogen-bond acceptors (Lipinski definition) is 5. The fraction of sp³-hybridized carbons (Fsp3) is 0.333. The van der Waals surface area contributed by atoms with Crippen molar-refractivity contribution in [3.8, 4) is 11.6 Å². The van der Waals surface area contributed by atoms with Crippen molar-refractivity contribution in [1.29, 1.82) is 0 Å². The molecule has 1 N–H and O–H groups in total. The number of anilines is 1. The molecule has 1 aromatic heterocycles. The van der Waals surface area contributed by atoms with Gasteiger partial charge in [0.05, 0.1) is 10.3 Å². The fourth-order valence-corrected chi connectivity index (χ4v) is 5.08. The van der Waals surface area contributed by atoms with Gasteiger partial charge >= 0.3 is 0 Å². The summed E-state index contributed by atoms with van der Waals surface area (Å²) >= 11 is 11.8. The lowest BCUT2D eigenvalue weighted by Crippen LogP contribution is -2.29. The molecule has 0 radical (unpaired) electrons. The van der Waals surface area contributed by atoms with Gasteiger partial charge in [-0.2, -0.15) is 0 Å². The molecule has 1 aliphatic rings. The summed E-state index contributed by atoms with van der Waals surface area (Å²) in [7, 11) is -3.41. The van der Waals surface area contributed by atoms with Crippen LogP contribution >= 0.6 is 23.2 Å². The first kappa shape index (κ1) is 19.9. The van der Waals surface area contributed by atoms with Gasteiger partial charge in [0.1, 0.15) is 16.5 Å². The third-order valence-electron chi connectivity index (χ3n) is 4.27. The van der Waals surface area contributed by atoms with E-state index in [1.54, 1.807) is 24.3 Å². The Balaban J connectivity index is 1.59. The Morgan fingerprint density at radius 3 is 2.48 bits per heavy atom. The minimum atomic E-state index is -3.41. The normalized spacial score (nSPS) is 14.9. The average molecular weight is 429 g/mol. The second-order valence-corrected chi connectivity index (χ2v) is 9.45. The minimum Gasteiger partial charge on any atom is -0.438 e. The highest BCUT2D eigenvalue weighted by Gasteiger charge is 2.30. The van der Waals surface area contributed by atoms with Crippen LogP contribution in [0.2, 0.25) is 10.0 Å². The first-order valence-corrected chi connectivity index (χ1v) is 10.9. The maximum Gasteiger partial charge on any atom is 0.239 e. The zero-order valence-corrected chi connectivity index (χ0v) is 16.6. The van der Waals surface area contributed by atoms with Crippen LogP contribution in [0.25, 0.3) is 0 Å². The number of hydrogen-bond donors (Lipinski definition) is 1. The molecule has 1 saturated carbocycles. The molecule has 1 heterocycles. The van der Waals surface area contributed by atoms with Crippen LogP contribution in [-0.4, -0.2) is 30.3 Å². The highest BCUT2D eigenvalue weighted by atomic mass is 35.5. The SMILES string of the molecule is O=C(CS(=O)(=O)C1CCCC1)Nc1ccc(Oc2ncc(Cl)cc2Cl)cc1. The van der Waals surface area contributed by atoms with E-state index in [1.165, 1.54) is 12.3 Å². The number of nitrogens with zero attached hydrogens (tertiary/aromatic N) is 1. The lowest BCUT2D eigenvalue weighted by molar-refractivity contribution is -0.113. The number of nitrogens with one attached hydrogen (secondary N) is 1. The molecule has 0 saturated heterocycles. The number of halogens is 2. The van der Waals surface area contributed by atoms with Crippen molar-refractivity contribution >= 4 is 44.6 Å². The maximum absolute atomic E-state index is 12.2. The highest BCUT2D eigenvalue weighted by Crippen LogP contribution is 2.29. The van der Waals surface area contributed by atoms with Crippen LogP contribution in [-0.2, 0) is 14.6 Å². The van der Waals surface area contributed by atoms with Gasteiger partial charge in [0, 0.05) is 11.9 Å². The minimum absolute atomic E-state index is 0.209. The van der Waals surface area contributed by atoms with Gasteiger partial charge in [-0.15, -0.1) is 0 Å². The number of rotatable bonds is 6. The molecule has 1 amide bonds. The van der Waals surface area contributed by atoms with Gasteiger partial charge in [-0.1, -0.05) is 36.0 Å². The van der Waals surface area contributed by atoms with E-state index >= 15 is 0 Å². The van der Waals surface area contributed by atoms with Crippen molar-refractivity contribution < 1.29 is 17.9 Å². The van der Waals surface area contributed by atoms with Crippen LogP contribution in [0.3, 0.4) is 0 Å². The molecule has 27 heavy (non-hydrogen) atoms. The number of amides is 1. The van der Waals surface area contributed by atoms with Crippen molar-refractivity contribution in [3.05, 3.63) is 46.6 Å². The van der Waals surface area contributed by atoms with Crippen LogP contribution in [0.15, 0.2) is 36.5 Å². The highest BCUT2D eigenvalue weighted by molar-refractivity contribution is 7.92. The van der Waals surface area contributed by atoms with Gasteiger partial charge in [0.25, 0.3) is 0 Å². The number of pyridine rings is 1. The van der Waals surface area contributed by atoms with Crippen molar-refractivity contribution in [2.24, 2.45) is 0 Å². The van der Waals surface area contributed by atoms with Crippen LogP contribution in [0.4, 0.5) is 5.69 Å². The first-order chi connectivity index (χ1) is 12.8. The number of aromatic nitrogens is 1. The van der Waals surface area contributed by atoms with E-state index in [0.29, 0.717) is 29.3 Å². The Morgan fingerprint density at radius 2 is 1.85 bits per heavy atom. The third-order valence-corrected chi connectivity index (χ3v) is 6.90. The summed E-state index contributed by atoms with van der Waals surface area (Å²) in [5.74, 6) is -0.373. The standard InChI is InChI=1S/C18H18Cl2N2O4S/c19-12-9-16(20)18(21-10-12)26-14-7-5-13(6-8-14)22-17(23)11-27(24,25)15-3-1-2-4-15/h5-10,15H,1-4,11H2,(H,22,23). The predicted octanol–water partition coefficient (Wildman–Crippen LogP) is 4.48. The van der Waals surface area contributed by atoms with E-state index in [1.807, 2.05) is 0 Å². The monoisotopic (exact) mass is 428 g/mol. The summed E-state index contributed by atoms with van der Waals surface area (Å²) in [5, 5.41) is 2.88. The van der Waals surface area contributed by atoms with Crippen molar-refractivity contribution in [2.75, 3.05) is 11.1 Å². The second kappa shape index (κ2) is 8.46. The molecule has 0 aliphatic heterocycles. The lowest BCUT2D eigenvalue weighted by Gasteiger charge is -2.11. The van der Waals surface area contributed by atoms with Crippen molar-refractivity contribution in [3.63, 3.8) is 0 Å². The number of ether oxygens (including phenoxy) is 1. The average Bonchev–Trinajstić information content (AvgIpc) is 3.14. The van der Waals surface area contributed by atoms with Crippen LogP contribution in [0, 0.1) is 0 Å². The second-order valence-electron chi connectivity index (χ2n) is 6.33. The fourth-order valence-electron chi connectivity index (χ4n) is 2.94. The van der Waals surface area contributed by atoms with Gasteiger partial charge in [0.15, 0.2) is 9.84 Å².